The highest BCUT2D eigenvalue weighted by Crippen LogP contribution is 2.44. The predicted octanol–water partition coefficient (Wildman–Crippen LogP) is 3.24. The maximum absolute atomic E-state index is 13.3. The van der Waals surface area contributed by atoms with Crippen molar-refractivity contribution < 1.29 is 17.9 Å². The number of benzene rings is 2. The van der Waals surface area contributed by atoms with Crippen molar-refractivity contribution in [2.45, 2.75) is 38.1 Å². The standard InChI is InChI=1S/C22H26N2O4S/c1-2-15-29(26,27)24-13-11-16(12-14-24)23-22(25)21-17-7-3-5-9-19(17)28-20-10-6-4-8-18(20)21/h3-10,16,21H,2,11-15H2,1H3,(H,23,25). The van der Waals surface area contributed by atoms with E-state index in [1.807, 2.05) is 55.5 Å². The first-order chi connectivity index (χ1) is 14.0. The minimum absolute atomic E-state index is 0.0299. The van der Waals surface area contributed by atoms with E-state index in [0.29, 0.717) is 43.9 Å². The second kappa shape index (κ2) is 8.16. The van der Waals surface area contributed by atoms with Crippen molar-refractivity contribution in [1.29, 1.82) is 0 Å². The Morgan fingerprint density at radius 2 is 1.59 bits per heavy atom. The first kappa shape index (κ1) is 19.9. The van der Waals surface area contributed by atoms with Crippen molar-refractivity contribution in [3.8, 4) is 11.5 Å². The van der Waals surface area contributed by atoms with Crippen LogP contribution in [-0.4, -0.2) is 43.5 Å². The number of piperidine rings is 1. The largest absolute Gasteiger partial charge is 0.457 e. The Morgan fingerprint density at radius 1 is 1.03 bits per heavy atom. The molecule has 0 aromatic heterocycles. The molecule has 0 aliphatic carbocycles. The first-order valence-corrected chi connectivity index (χ1v) is 11.7. The molecule has 1 fully saturated rings. The molecule has 0 unspecified atom stereocenters. The van der Waals surface area contributed by atoms with E-state index >= 15 is 0 Å². The maximum Gasteiger partial charge on any atom is 0.232 e. The van der Waals surface area contributed by atoms with Crippen molar-refractivity contribution in [3.05, 3.63) is 59.7 Å². The SMILES string of the molecule is CCCS(=O)(=O)N1CCC(NC(=O)C2c3ccccc3Oc3ccccc32)CC1. The van der Waals surface area contributed by atoms with Crippen LogP contribution >= 0.6 is 0 Å². The van der Waals surface area contributed by atoms with Crippen LogP contribution in [0.3, 0.4) is 0 Å². The summed E-state index contributed by atoms with van der Waals surface area (Å²) >= 11 is 0. The Labute approximate surface area is 171 Å². The molecule has 2 aliphatic heterocycles. The number of nitrogens with one attached hydrogen (secondary N) is 1. The summed E-state index contributed by atoms with van der Waals surface area (Å²) in [5, 5.41) is 3.16. The fourth-order valence-electron chi connectivity index (χ4n) is 4.14. The van der Waals surface area contributed by atoms with Crippen molar-refractivity contribution in [1.82, 2.24) is 9.62 Å². The van der Waals surface area contributed by atoms with Gasteiger partial charge in [-0.25, -0.2) is 12.7 Å². The number of carbonyl (C=O) groups is 1. The second-order valence-electron chi connectivity index (χ2n) is 7.61. The topological polar surface area (TPSA) is 75.7 Å². The van der Waals surface area contributed by atoms with Gasteiger partial charge in [-0.15, -0.1) is 0 Å². The van der Waals surface area contributed by atoms with Gasteiger partial charge in [-0.1, -0.05) is 43.3 Å². The normalized spacial score (nSPS) is 17.8. The van der Waals surface area contributed by atoms with Gasteiger partial charge in [-0.05, 0) is 31.4 Å². The Bertz CT molecular complexity index is 952. The number of carbonyl (C=O) groups excluding carboxylic acids is 1. The third kappa shape index (κ3) is 4.02. The number of amides is 1. The Hall–Kier alpha value is -2.38. The molecule has 2 aromatic carbocycles. The number of hydrogen-bond acceptors (Lipinski definition) is 4. The molecule has 4 rings (SSSR count). The van der Waals surface area contributed by atoms with Crippen molar-refractivity contribution >= 4 is 15.9 Å². The van der Waals surface area contributed by atoms with Crippen LogP contribution in [0.2, 0.25) is 0 Å². The highest BCUT2D eigenvalue weighted by Gasteiger charge is 2.34. The van der Waals surface area contributed by atoms with Gasteiger partial charge in [-0.3, -0.25) is 4.79 Å². The number of para-hydroxylation sites is 2. The average molecular weight is 415 g/mol. The molecule has 1 N–H and O–H groups in total. The summed E-state index contributed by atoms with van der Waals surface area (Å²) in [6.45, 7) is 2.77. The van der Waals surface area contributed by atoms with Gasteiger partial charge in [0.1, 0.15) is 11.5 Å². The molecule has 2 aromatic rings. The zero-order valence-electron chi connectivity index (χ0n) is 16.5. The van der Waals surface area contributed by atoms with Crippen molar-refractivity contribution in [2.75, 3.05) is 18.8 Å². The van der Waals surface area contributed by atoms with Crippen molar-refractivity contribution in [2.24, 2.45) is 0 Å². The lowest BCUT2D eigenvalue weighted by molar-refractivity contribution is -0.122. The number of ether oxygens (including phenoxy) is 1. The molecule has 29 heavy (non-hydrogen) atoms. The molecular weight excluding hydrogens is 388 g/mol. The summed E-state index contributed by atoms with van der Waals surface area (Å²) in [6.07, 6.45) is 1.87. The quantitative estimate of drug-likeness (QED) is 0.815. The van der Waals surface area contributed by atoms with E-state index in [4.69, 9.17) is 4.74 Å². The van der Waals surface area contributed by atoms with Crippen LogP contribution in [-0.2, 0) is 14.8 Å². The zero-order valence-corrected chi connectivity index (χ0v) is 17.3. The fraction of sp³-hybridized carbons (Fsp3) is 0.409. The highest BCUT2D eigenvalue weighted by molar-refractivity contribution is 7.89. The second-order valence-corrected chi connectivity index (χ2v) is 9.70. The van der Waals surface area contributed by atoms with E-state index in [-0.39, 0.29) is 17.7 Å². The van der Waals surface area contributed by atoms with Crippen LogP contribution < -0.4 is 10.1 Å². The molecule has 0 spiro atoms. The third-order valence-electron chi connectivity index (χ3n) is 5.60. The van der Waals surface area contributed by atoms with Gasteiger partial charge in [0.15, 0.2) is 0 Å². The molecule has 0 bridgehead atoms. The molecule has 6 nitrogen and oxygen atoms in total. The van der Waals surface area contributed by atoms with Crippen LogP contribution in [0.4, 0.5) is 0 Å². The van der Waals surface area contributed by atoms with E-state index in [1.165, 1.54) is 0 Å². The molecule has 0 radical (unpaired) electrons. The minimum Gasteiger partial charge on any atom is -0.457 e. The summed E-state index contributed by atoms with van der Waals surface area (Å²) < 4.78 is 32.0. The van der Waals surface area contributed by atoms with E-state index in [0.717, 1.165) is 11.1 Å². The van der Waals surface area contributed by atoms with Gasteiger partial charge in [-0.2, -0.15) is 0 Å². The van der Waals surface area contributed by atoms with Crippen LogP contribution in [0, 0.1) is 0 Å². The first-order valence-electron chi connectivity index (χ1n) is 10.1. The number of nitrogens with zero attached hydrogens (tertiary/aromatic N) is 1. The van der Waals surface area contributed by atoms with E-state index in [1.54, 1.807) is 4.31 Å². The van der Waals surface area contributed by atoms with Crippen molar-refractivity contribution in [3.63, 3.8) is 0 Å². The highest BCUT2D eigenvalue weighted by atomic mass is 32.2. The van der Waals surface area contributed by atoms with Gasteiger partial charge in [0.25, 0.3) is 0 Å². The van der Waals surface area contributed by atoms with Crippen LogP contribution in [0.25, 0.3) is 0 Å². The maximum atomic E-state index is 13.3. The molecule has 1 saturated heterocycles. The molecule has 0 atom stereocenters. The van der Waals surface area contributed by atoms with Crippen LogP contribution in [0.1, 0.15) is 43.2 Å². The lowest BCUT2D eigenvalue weighted by Gasteiger charge is -2.33. The molecule has 1 amide bonds. The molecule has 154 valence electrons. The lowest BCUT2D eigenvalue weighted by Crippen LogP contribution is -2.48. The minimum atomic E-state index is -3.18. The fourth-order valence-corrected chi connectivity index (χ4v) is 5.68. The monoisotopic (exact) mass is 414 g/mol. The summed E-state index contributed by atoms with van der Waals surface area (Å²) in [7, 11) is -3.18. The van der Waals surface area contributed by atoms with Gasteiger partial charge in [0, 0.05) is 30.3 Å². The van der Waals surface area contributed by atoms with Crippen LogP contribution in [0.15, 0.2) is 48.5 Å². The smallest absolute Gasteiger partial charge is 0.232 e. The van der Waals surface area contributed by atoms with E-state index < -0.39 is 15.9 Å². The summed E-state index contributed by atoms with van der Waals surface area (Å²) in [5.41, 5.74) is 1.71. The van der Waals surface area contributed by atoms with E-state index in [2.05, 4.69) is 5.32 Å². The molecule has 2 heterocycles. The third-order valence-corrected chi connectivity index (χ3v) is 7.67. The van der Waals surface area contributed by atoms with Gasteiger partial charge >= 0.3 is 0 Å². The molecule has 0 saturated carbocycles. The number of sulfonamides is 1. The Morgan fingerprint density at radius 3 is 2.14 bits per heavy atom. The van der Waals surface area contributed by atoms with Crippen LogP contribution in [0.5, 0.6) is 11.5 Å². The average Bonchev–Trinajstić information content (AvgIpc) is 2.72. The van der Waals surface area contributed by atoms with Gasteiger partial charge < -0.3 is 10.1 Å². The molecular formula is C22H26N2O4S. The summed E-state index contributed by atoms with van der Waals surface area (Å²) in [4.78, 5) is 13.3. The molecule has 7 heteroatoms. The predicted molar refractivity (Wildman–Crippen MR) is 112 cm³/mol. The summed E-state index contributed by atoms with van der Waals surface area (Å²) in [5.74, 6) is 1.08. The zero-order chi connectivity index (χ0) is 20.4. The lowest BCUT2D eigenvalue weighted by atomic mass is 9.87. The number of rotatable bonds is 5. The Kier molecular flexibility index (Phi) is 5.61. The van der Waals surface area contributed by atoms with Gasteiger partial charge in [0.05, 0.1) is 11.7 Å². The number of hydrogen-bond donors (Lipinski definition) is 1. The van der Waals surface area contributed by atoms with Gasteiger partial charge in [0.2, 0.25) is 15.9 Å². The summed E-state index contributed by atoms with van der Waals surface area (Å²) in [6, 6.07) is 15.2. The van der Waals surface area contributed by atoms with E-state index in [9.17, 15) is 13.2 Å². The molecule has 2 aliphatic rings. The Balaban J connectivity index is 1.49. The number of fused-ring (bicyclic) bond motifs is 2.